The van der Waals surface area contributed by atoms with Gasteiger partial charge < -0.3 is 5.11 Å². The molecule has 0 saturated carbocycles. The number of rotatable bonds is 1. The SMILES string of the molecule is CC(C)(C)c1ccc(-[s+]2c3ccccc3c3ccccc32)cc1.Cc1c(F)c(O)c(F)c(F)c1F. The molecule has 4 aromatic carbocycles. The lowest BCUT2D eigenvalue weighted by Gasteiger charge is -2.18. The fourth-order valence-corrected chi connectivity index (χ4v) is 6.31. The number of benzene rings is 4. The maximum Gasteiger partial charge on any atom is 0.206 e. The van der Waals surface area contributed by atoms with Crippen LogP contribution in [0, 0.1) is 30.2 Å². The lowest BCUT2D eigenvalue weighted by molar-refractivity contribution is 0.354. The number of thiophene rings is 1. The summed E-state index contributed by atoms with van der Waals surface area (Å²) in [6, 6.07) is 26.9. The maximum absolute atomic E-state index is 12.5. The molecule has 1 aromatic heterocycles. The number of halogens is 4. The Hall–Kier alpha value is -3.38. The van der Waals surface area contributed by atoms with Crippen molar-refractivity contribution in [1.29, 1.82) is 0 Å². The molecule has 0 spiro atoms. The van der Waals surface area contributed by atoms with Crippen molar-refractivity contribution in [2.45, 2.75) is 33.1 Å². The van der Waals surface area contributed by atoms with Gasteiger partial charge in [0.25, 0.3) is 0 Å². The number of aromatic hydroxyl groups is 1. The zero-order valence-electron chi connectivity index (χ0n) is 19.8. The highest BCUT2D eigenvalue weighted by Gasteiger charge is 2.24. The fraction of sp³-hybridized carbons (Fsp3) is 0.172. The second-order valence-corrected chi connectivity index (χ2v) is 11.3. The molecular formula is C29H25F4OS+. The zero-order valence-corrected chi connectivity index (χ0v) is 20.6. The third kappa shape index (κ3) is 4.50. The Morgan fingerprint density at radius 1 is 0.629 bits per heavy atom. The maximum atomic E-state index is 12.5. The standard InChI is InChI=1S/C22H21S.C7H4F4O/c1-22(2,3)16-12-14-17(15-13-16)23-20-10-6-4-8-18(20)19-9-5-7-11-21(19)23;1-2-3(8)5(10)6(11)7(12)4(2)9/h4-15H,1-3H3;12H,1H3/q+1;. The molecule has 6 heteroatoms. The summed E-state index contributed by atoms with van der Waals surface area (Å²) in [5.41, 5.74) is 0.852. The third-order valence-corrected chi connectivity index (χ3v) is 8.26. The summed E-state index contributed by atoms with van der Waals surface area (Å²) in [4.78, 5) is 1.41. The predicted molar refractivity (Wildman–Crippen MR) is 137 cm³/mol. The van der Waals surface area contributed by atoms with Crippen molar-refractivity contribution < 1.29 is 22.7 Å². The van der Waals surface area contributed by atoms with E-state index in [0.717, 1.165) is 6.92 Å². The van der Waals surface area contributed by atoms with Crippen LogP contribution in [0.5, 0.6) is 5.75 Å². The molecule has 0 fully saturated rings. The number of phenols is 1. The second-order valence-electron chi connectivity index (χ2n) is 9.30. The molecule has 1 heterocycles. The van der Waals surface area contributed by atoms with Gasteiger partial charge in [0.1, 0.15) is 0 Å². The van der Waals surface area contributed by atoms with Gasteiger partial charge >= 0.3 is 0 Å². The Bertz CT molecular complexity index is 1370. The van der Waals surface area contributed by atoms with Crippen LogP contribution in [0.2, 0.25) is 0 Å². The first-order valence-electron chi connectivity index (χ1n) is 11.1. The largest absolute Gasteiger partial charge is 0.503 e. The molecule has 0 atom stereocenters. The minimum atomic E-state index is -1.91. The van der Waals surface area contributed by atoms with Crippen LogP contribution in [0.15, 0.2) is 72.8 Å². The van der Waals surface area contributed by atoms with E-state index in [2.05, 4.69) is 93.6 Å². The molecule has 0 aliphatic carbocycles. The van der Waals surface area contributed by atoms with E-state index in [0.29, 0.717) is 0 Å². The molecule has 0 aliphatic heterocycles. The topological polar surface area (TPSA) is 20.2 Å². The average molecular weight is 498 g/mol. The molecule has 180 valence electrons. The Labute approximate surface area is 204 Å². The minimum Gasteiger partial charge on any atom is -0.503 e. The first kappa shape index (κ1) is 24.7. The van der Waals surface area contributed by atoms with E-state index < -0.39 is 34.6 Å². The Kier molecular flexibility index (Phi) is 6.60. The summed E-state index contributed by atoms with van der Waals surface area (Å²) in [6.07, 6.45) is 0. The summed E-state index contributed by atoms with van der Waals surface area (Å²) < 4.78 is 52.6. The first-order chi connectivity index (χ1) is 16.5. The Morgan fingerprint density at radius 3 is 1.60 bits per heavy atom. The Balaban J connectivity index is 0.000000204. The van der Waals surface area contributed by atoms with Gasteiger partial charge in [0.05, 0.1) is 0 Å². The van der Waals surface area contributed by atoms with Gasteiger partial charge in [0, 0.05) is 26.8 Å². The molecule has 0 unspecified atom stereocenters. The van der Waals surface area contributed by atoms with E-state index in [9.17, 15) is 17.6 Å². The zero-order chi connectivity index (χ0) is 25.5. The van der Waals surface area contributed by atoms with Crippen LogP contribution < -0.4 is 0 Å². The highest BCUT2D eigenvalue weighted by atomic mass is 32.2. The highest BCUT2D eigenvalue weighted by molar-refractivity contribution is 7.50. The van der Waals surface area contributed by atoms with E-state index in [4.69, 9.17) is 5.11 Å². The molecule has 5 aromatic rings. The van der Waals surface area contributed by atoms with Gasteiger partial charge in [-0.2, -0.15) is 4.39 Å². The third-order valence-electron chi connectivity index (χ3n) is 5.92. The van der Waals surface area contributed by atoms with Crippen LogP contribution in [-0.2, 0) is 5.41 Å². The van der Waals surface area contributed by atoms with E-state index >= 15 is 0 Å². The van der Waals surface area contributed by atoms with Gasteiger partial charge in [-0.05, 0) is 54.3 Å². The minimum absolute atomic E-state index is 0.0244. The number of hydrogen-bond donors (Lipinski definition) is 1. The van der Waals surface area contributed by atoms with Crippen molar-refractivity contribution in [3.63, 3.8) is 0 Å². The molecule has 5 rings (SSSR count). The Morgan fingerprint density at radius 2 is 1.11 bits per heavy atom. The van der Waals surface area contributed by atoms with Crippen molar-refractivity contribution in [2.24, 2.45) is 0 Å². The number of phenolic OH excluding ortho intramolecular Hbond substituents is 1. The van der Waals surface area contributed by atoms with Gasteiger partial charge in [-0.25, -0.2) is 13.2 Å². The van der Waals surface area contributed by atoms with Crippen molar-refractivity contribution in [1.82, 2.24) is 0 Å². The first-order valence-corrected chi connectivity index (χ1v) is 12.3. The summed E-state index contributed by atoms with van der Waals surface area (Å²) in [5, 5.41) is 11.3. The molecule has 35 heavy (non-hydrogen) atoms. The fourth-order valence-electron chi connectivity index (χ4n) is 3.93. The van der Waals surface area contributed by atoms with Crippen molar-refractivity contribution in [3.05, 3.63) is 107 Å². The second kappa shape index (κ2) is 9.34. The quantitative estimate of drug-likeness (QED) is 0.106. The van der Waals surface area contributed by atoms with Crippen LogP contribution in [0.1, 0.15) is 31.9 Å². The summed E-state index contributed by atoms with van der Waals surface area (Å²) in [5.74, 6) is -8.37. The normalized spacial score (nSPS) is 11.5. The molecule has 0 aliphatic rings. The van der Waals surface area contributed by atoms with Crippen LogP contribution in [0.4, 0.5) is 17.6 Å². The van der Waals surface area contributed by atoms with E-state index in [1.807, 2.05) is 0 Å². The van der Waals surface area contributed by atoms with Crippen LogP contribution in [-0.4, -0.2) is 5.11 Å². The highest BCUT2D eigenvalue weighted by Crippen LogP contribution is 2.48. The monoisotopic (exact) mass is 497 g/mol. The lowest BCUT2D eigenvalue weighted by atomic mass is 9.87. The van der Waals surface area contributed by atoms with Crippen molar-refractivity contribution >= 4 is 30.6 Å². The lowest BCUT2D eigenvalue weighted by Crippen LogP contribution is -2.10. The summed E-state index contributed by atoms with van der Waals surface area (Å²) >= 11 is 0. The van der Waals surface area contributed by atoms with Crippen LogP contribution in [0.3, 0.4) is 0 Å². The molecule has 1 nitrogen and oxygen atoms in total. The molecule has 0 amide bonds. The smallest absolute Gasteiger partial charge is 0.206 e. The van der Waals surface area contributed by atoms with Crippen molar-refractivity contribution in [3.8, 4) is 10.6 Å². The van der Waals surface area contributed by atoms with Gasteiger partial charge in [0.15, 0.2) is 37.5 Å². The molecular weight excluding hydrogens is 472 g/mol. The number of hydrogen-bond acceptors (Lipinski definition) is 1. The van der Waals surface area contributed by atoms with Crippen molar-refractivity contribution in [2.75, 3.05) is 0 Å². The molecule has 0 radical (unpaired) electrons. The van der Waals surface area contributed by atoms with Crippen LogP contribution >= 0.6 is 10.5 Å². The van der Waals surface area contributed by atoms with Gasteiger partial charge in [-0.15, -0.1) is 0 Å². The van der Waals surface area contributed by atoms with E-state index in [-0.39, 0.29) is 15.9 Å². The van der Waals surface area contributed by atoms with Gasteiger partial charge in [-0.3, -0.25) is 0 Å². The van der Waals surface area contributed by atoms with Gasteiger partial charge in [0.2, 0.25) is 5.82 Å². The summed E-state index contributed by atoms with van der Waals surface area (Å²) in [6.45, 7) is 7.70. The van der Waals surface area contributed by atoms with E-state index in [1.54, 1.807) is 0 Å². The average Bonchev–Trinajstić information content (AvgIpc) is 3.19. The van der Waals surface area contributed by atoms with Gasteiger partial charge in [-0.1, -0.05) is 57.2 Å². The van der Waals surface area contributed by atoms with E-state index in [1.165, 1.54) is 30.6 Å². The molecule has 0 saturated heterocycles. The van der Waals surface area contributed by atoms with Crippen LogP contribution in [0.25, 0.3) is 25.1 Å². The number of fused-ring (bicyclic) bond motifs is 3. The molecule has 0 bridgehead atoms. The molecule has 1 N–H and O–H groups in total. The predicted octanol–water partition coefficient (Wildman–Crippen LogP) is 9.29. The summed E-state index contributed by atoms with van der Waals surface area (Å²) in [7, 11) is 0.0244.